The van der Waals surface area contributed by atoms with Crippen molar-refractivity contribution in [2.45, 2.75) is 30.6 Å². The Labute approximate surface area is 156 Å². The SMILES string of the molecule is CS(=O)c1cc(C(=O)O)cc(N2CCCCCC2)c1Oc1ccccc1. The number of carbonyl (C=O) groups is 1. The van der Waals surface area contributed by atoms with Crippen molar-refractivity contribution < 1.29 is 18.8 Å². The first-order chi connectivity index (χ1) is 12.6. The molecule has 1 unspecified atom stereocenters. The molecular formula is C20H23NO4S. The molecule has 0 aromatic heterocycles. The number of carboxylic acid groups (broad SMARTS) is 1. The van der Waals surface area contributed by atoms with Crippen LogP contribution in [0.4, 0.5) is 5.69 Å². The van der Waals surface area contributed by atoms with Crippen molar-refractivity contribution in [2.24, 2.45) is 0 Å². The predicted molar refractivity (Wildman–Crippen MR) is 103 cm³/mol. The summed E-state index contributed by atoms with van der Waals surface area (Å²) in [6, 6.07) is 12.4. The fourth-order valence-electron chi connectivity index (χ4n) is 3.18. The molecule has 1 atom stereocenters. The van der Waals surface area contributed by atoms with Crippen LogP contribution < -0.4 is 9.64 Å². The zero-order chi connectivity index (χ0) is 18.5. The number of aromatic carboxylic acids is 1. The first-order valence-corrected chi connectivity index (χ1v) is 10.3. The van der Waals surface area contributed by atoms with Crippen LogP contribution in [0.25, 0.3) is 0 Å². The molecule has 5 nitrogen and oxygen atoms in total. The van der Waals surface area contributed by atoms with Gasteiger partial charge in [-0.1, -0.05) is 31.0 Å². The van der Waals surface area contributed by atoms with Gasteiger partial charge in [-0.3, -0.25) is 4.21 Å². The van der Waals surface area contributed by atoms with E-state index < -0.39 is 16.8 Å². The molecule has 3 rings (SSSR count). The fraction of sp³-hybridized carbons (Fsp3) is 0.350. The molecule has 1 aliphatic heterocycles. The molecule has 0 aliphatic carbocycles. The quantitative estimate of drug-likeness (QED) is 0.847. The van der Waals surface area contributed by atoms with Crippen molar-refractivity contribution >= 4 is 22.5 Å². The van der Waals surface area contributed by atoms with Gasteiger partial charge in [-0.05, 0) is 37.1 Å². The largest absolute Gasteiger partial charge is 0.478 e. The Bertz CT molecular complexity index is 799. The molecule has 0 amide bonds. The zero-order valence-electron chi connectivity index (χ0n) is 14.8. The molecule has 1 fully saturated rings. The third-order valence-electron chi connectivity index (χ3n) is 4.50. The summed E-state index contributed by atoms with van der Waals surface area (Å²) in [5.41, 5.74) is 0.843. The second kappa shape index (κ2) is 8.36. The third-order valence-corrected chi connectivity index (χ3v) is 5.42. The van der Waals surface area contributed by atoms with Gasteiger partial charge in [-0.2, -0.15) is 0 Å². The Balaban J connectivity index is 2.13. The Kier molecular flexibility index (Phi) is 5.93. The van der Waals surface area contributed by atoms with Gasteiger partial charge in [0.05, 0.1) is 26.9 Å². The number of anilines is 1. The molecule has 138 valence electrons. The molecule has 26 heavy (non-hydrogen) atoms. The van der Waals surface area contributed by atoms with Crippen molar-refractivity contribution in [3.8, 4) is 11.5 Å². The van der Waals surface area contributed by atoms with E-state index in [1.165, 1.54) is 6.07 Å². The van der Waals surface area contributed by atoms with E-state index in [9.17, 15) is 14.1 Å². The summed E-state index contributed by atoms with van der Waals surface area (Å²) in [5, 5.41) is 9.49. The van der Waals surface area contributed by atoms with E-state index in [2.05, 4.69) is 4.90 Å². The van der Waals surface area contributed by atoms with Crippen molar-refractivity contribution in [3.63, 3.8) is 0 Å². The lowest BCUT2D eigenvalue weighted by molar-refractivity contribution is 0.0696. The molecule has 1 aliphatic rings. The number of para-hydroxylation sites is 1. The minimum atomic E-state index is -1.38. The molecule has 2 aromatic carbocycles. The maximum absolute atomic E-state index is 12.4. The summed E-state index contributed by atoms with van der Waals surface area (Å²) >= 11 is 0. The van der Waals surface area contributed by atoms with Gasteiger partial charge in [0, 0.05) is 19.3 Å². The third kappa shape index (κ3) is 4.25. The number of ether oxygens (including phenoxy) is 1. The molecule has 6 heteroatoms. The lowest BCUT2D eigenvalue weighted by Crippen LogP contribution is -2.25. The second-order valence-corrected chi connectivity index (χ2v) is 7.75. The lowest BCUT2D eigenvalue weighted by atomic mass is 10.1. The average molecular weight is 373 g/mol. The highest BCUT2D eigenvalue weighted by Gasteiger charge is 2.23. The summed E-state index contributed by atoms with van der Waals surface area (Å²) in [7, 11) is -1.38. The van der Waals surface area contributed by atoms with Crippen LogP contribution >= 0.6 is 0 Å². The van der Waals surface area contributed by atoms with Crippen LogP contribution in [0, 0.1) is 0 Å². The van der Waals surface area contributed by atoms with Crippen LogP contribution in [0.2, 0.25) is 0 Å². The molecule has 2 aromatic rings. The Morgan fingerprint density at radius 3 is 2.31 bits per heavy atom. The van der Waals surface area contributed by atoms with Gasteiger partial charge >= 0.3 is 5.97 Å². The molecule has 1 saturated heterocycles. The highest BCUT2D eigenvalue weighted by molar-refractivity contribution is 7.84. The first-order valence-electron chi connectivity index (χ1n) is 8.79. The highest BCUT2D eigenvalue weighted by Crippen LogP contribution is 2.39. The molecular weight excluding hydrogens is 350 g/mol. The van der Waals surface area contributed by atoms with E-state index in [0.29, 0.717) is 22.1 Å². The standard InChI is InChI=1S/C20H23NO4S/c1-26(24)18-14-15(20(22)23)13-17(21-11-7-2-3-8-12-21)19(18)25-16-9-5-4-6-10-16/h4-6,9-10,13-14H,2-3,7-8,11-12H2,1H3,(H,22,23). The first kappa shape index (κ1) is 18.5. The Morgan fingerprint density at radius 2 is 1.73 bits per heavy atom. The van der Waals surface area contributed by atoms with Crippen molar-refractivity contribution in [1.29, 1.82) is 0 Å². The molecule has 0 radical (unpaired) electrons. The number of rotatable bonds is 5. The summed E-state index contributed by atoms with van der Waals surface area (Å²) in [6.45, 7) is 1.67. The van der Waals surface area contributed by atoms with Crippen LogP contribution in [-0.2, 0) is 10.8 Å². The number of nitrogens with zero attached hydrogens (tertiary/aromatic N) is 1. The smallest absolute Gasteiger partial charge is 0.335 e. The predicted octanol–water partition coefficient (Wildman–Crippen LogP) is 4.29. The second-order valence-electron chi connectivity index (χ2n) is 6.40. The molecule has 1 N–H and O–H groups in total. The maximum atomic E-state index is 12.4. The van der Waals surface area contributed by atoms with E-state index in [1.54, 1.807) is 12.3 Å². The van der Waals surface area contributed by atoms with Gasteiger partial charge in [-0.15, -0.1) is 0 Å². The number of hydrogen-bond donors (Lipinski definition) is 1. The lowest BCUT2D eigenvalue weighted by Gasteiger charge is -2.26. The van der Waals surface area contributed by atoms with Gasteiger partial charge in [0.1, 0.15) is 5.75 Å². The topological polar surface area (TPSA) is 66.8 Å². The zero-order valence-corrected chi connectivity index (χ0v) is 15.6. The fourth-order valence-corrected chi connectivity index (χ4v) is 3.88. The minimum absolute atomic E-state index is 0.134. The Hall–Kier alpha value is -2.34. The molecule has 1 heterocycles. The van der Waals surface area contributed by atoms with Gasteiger partial charge in [-0.25, -0.2) is 4.79 Å². The van der Waals surface area contributed by atoms with E-state index >= 15 is 0 Å². The summed E-state index contributed by atoms with van der Waals surface area (Å²) in [4.78, 5) is 14.2. The molecule has 0 spiro atoms. The van der Waals surface area contributed by atoms with Crippen molar-refractivity contribution in [3.05, 3.63) is 48.0 Å². The van der Waals surface area contributed by atoms with E-state index in [0.717, 1.165) is 38.8 Å². The van der Waals surface area contributed by atoms with Crippen molar-refractivity contribution in [2.75, 3.05) is 24.2 Å². The normalized spacial score (nSPS) is 16.0. The van der Waals surface area contributed by atoms with Crippen LogP contribution in [-0.4, -0.2) is 34.6 Å². The van der Waals surface area contributed by atoms with Gasteiger partial charge in [0.2, 0.25) is 0 Å². The summed E-state index contributed by atoms with van der Waals surface area (Å²) < 4.78 is 18.5. The van der Waals surface area contributed by atoms with Crippen LogP contribution in [0.1, 0.15) is 36.0 Å². The number of benzene rings is 2. The van der Waals surface area contributed by atoms with Gasteiger partial charge < -0.3 is 14.7 Å². The molecule has 0 bridgehead atoms. The van der Waals surface area contributed by atoms with Crippen molar-refractivity contribution in [1.82, 2.24) is 0 Å². The van der Waals surface area contributed by atoms with Crippen LogP contribution in [0.3, 0.4) is 0 Å². The van der Waals surface area contributed by atoms with Gasteiger partial charge in [0.15, 0.2) is 5.75 Å². The van der Waals surface area contributed by atoms with E-state index in [4.69, 9.17) is 4.74 Å². The number of hydrogen-bond acceptors (Lipinski definition) is 4. The van der Waals surface area contributed by atoms with E-state index in [1.807, 2.05) is 30.3 Å². The summed E-state index contributed by atoms with van der Waals surface area (Å²) in [5.74, 6) is 0.0984. The monoisotopic (exact) mass is 373 g/mol. The minimum Gasteiger partial charge on any atom is -0.478 e. The van der Waals surface area contributed by atoms with Crippen LogP contribution in [0.5, 0.6) is 11.5 Å². The average Bonchev–Trinajstić information content (AvgIpc) is 2.91. The number of carboxylic acids is 1. The Morgan fingerprint density at radius 1 is 1.08 bits per heavy atom. The summed E-state index contributed by atoms with van der Waals surface area (Å²) in [6.07, 6.45) is 5.97. The van der Waals surface area contributed by atoms with Crippen LogP contribution in [0.15, 0.2) is 47.4 Å². The van der Waals surface area contributed by atoms with E-state index in [-0.39, 0.29) is 5.56 Å². The highest BCUT2D eigenvalue weighted by atomic mass is 32.2. The van der Waals surface area contributed by atoms with Gasteiger partial charge in [0.25, 0.3) is 0 Å². The maximum Gasteiger partial charge on any atom is 0.335 e. The molecule has 0 saturated carbocycles.